The van der Waals surface area contributed by atoms with E-state index in [0.717, 1.165) is 36.5 Å². The lowest BCUT2D eigenvalue weighted by Crippen LogP contribution is -2.46. The van der Waals surface area contributed by atoms with Crippen LogP contribution in [0.15, 0.2) is 12.3 Å². The highest BCUT2D eigenvalue weighted by molar-refractivity contribution is 7.15. The maximum Gasteiger partial charge on any atom is 0.243 e. The van der Waals surface area contributed by atoms with E-state index < -0.39 is 0 Å². The van der Waals surface area contributed by atoms with E-state index in [1.807, 2.05) is 38.7 Å². The molecule has 24 heavy (non-hydrogen) atoms. The van der Waals surface area contributed by atoms with Crippen molar-refractivity contribution >= 4 is 22.4 Å². The van der Waals surface area contributed by atoms with E-state index in [1.165, 1.54) is 17.0 Å². The van der Waals surface area contributed by atoms with E-state index in [9.17, 15) is 4.79 Å². The number of rotatable bonds is 4. The van der Waals surface area contributed by atoms with Gasteiger partial charge in [-0.25, -0.2) is 4.98 Å². The summed E-state index contributed by atoms with van der Waals surface area (Å²) in [6.45, 7) is 7.82. The molecule has 2 aromatic heterocycles. The molecule has 3 heterocycles. The number of hydrogen-bond acceptors (Lipinski definition) is 5. The lowest BCUT2D eigenvalue weighted by atomic mass is 9.93. The molecule has 1 aliphatic heterocycles. The first-order valence-electron chi connectivity index (χ1n) is 8.42. The van der Waals surface area contributed by atoms with E-state index in [2.05, 4.69) is 26.4 Å². The molecule has 1 aliphatic rings. The topological polar surface area (TPSA) is 63.1 Å². The molecule has 0 unspecified atom stereocenters. The predicted octanol–water partition coefficient (Wildman–Crippen LogP) is 2.70. The number of thiazole rings is 1. The summed E-state index contributed by atoms with van der Waals surface area (Å²) in [5, 5.41) is 7.94. The minimum atomic E-state index is -0.162. The van der Waals surface area contributed by atoms with Gasteiger partial charge in [0.1, 0.15) is 0 Å². The Morgan fingerprint density at radius 2 is 2.25 bits per heavy atom. The van der Waals surface area contributed by atoms with E-state index >= 15 is 0 Å². The van der Waals surface area contributed by atoms with Crippen LogP contribution in [0.4, 0.5) is 5.13 Å². The molecule has 0 aliphatic carbocycles. The Labute approximate surface area is 146 Å². The van der Waals surface area contributed by atoms with Crippen molar-refractivity contribution in [1.82, 2.24) is 19.7 Å². The third-order valence-electron chi connectivity index (χ3n) is 4.92. The van der Waals surface area contributed by atoms with Gasteiger partial charge in [-0.1, -0.05) is 0 Å². The van der Waals surface area contributed by atoms with Gasteiger partial charge in [0.25, 0.3) is 0 Å². The lowest BCUT2D eigenvalue weighted by molar-refractivity contribution is -0.121. The fraction of sp³-hybridized carbons (Fsp3) is 0.588. The molecule has 0 bridgehead atoms. The average molecular weight is 347 g/mol. The highest BCUT2D eigenvalue weighted by atomic mass is 32.1. The van der Waals surface area contributed by atoms with Gasteiger partial charge in [0, 0.05) is 36.3 Å². The number of anilines is 1. The summed E-state index contributed by atoms with van der Waals surface area (Å²) in [5.41, 5.74) is 2.23. The number of carbonyl (C=O) groups excluding carboxylic acids is 1. The Bertz CT molecular complexity index is 703. The van der Waals surface area contributed by atoms with Gasteiger partial charge in [0.15, 0.2) is 5.13 Å². The molecule has 6 nitrogen and oxygen atoms in total. The van der Waals surface area contributed by atoms with Crippen LogP contribution in [-0.2, 0) is 11.8 Å². The van der Waals surface area contributed by atoms with Gasteiger partial charge in [0.05, 0.1) is 11.7 Å². The second kappa shape index (κ2) is 7.03. The number of aryl methyl sites for hydroxylation is 3. The molecule has 7 heteroatoms. The number of amides is 1. The summed E-state index contributed by atoms with van der Waals surface area (Å²) < 4.78 is 1.94. The molecular formula is C17H25N5OS. The van der Waals surface area contributed by atoms with Crippen LogP contribution >= 0.6 is 11.3 Å². The van der Waals surface area contributed by atoms with Crippen LogP contribution in [0, 0.1) is 13.8 Å². The van der Waals surface area contributed by atoms with Crippen molar-refractivity contribution in [2.24, 2.45) is 7.05 Å². The first-order chi connectivity index (χ1) is 11.5. The van der Waals surface area contributed by atoms with Gasteiger partial charge in [-0.2, -0.15) is 5.10 Å². The number of carbonyl (C=O) groups is 1. The Balaban J connectivity index is 1.64. The van der Waals surface area contributed by atoms with Crippen LogP contribution < -0.4 is 5.32 Å². The summed E-state index contributed by atoms with van der Waals surface area (Å²) in [7, 11) is 1.98. The fourth-order valence-corrected chi connectivity index (χ4v) is 4.10. The van der Waals surface area contributed by atoms with E-state index in [1.54, 1.807) is 0 Å². The molecule has 2 atom stereocenters. The SMILES string of the molecule is Cc1nc(NC(=O)[C@H](C)N2CCC[C@@H](c3ccnn3C)C2)sc1C. The van der Waals surface area contributed by atoms with Crippen LogP contribution in [0.1, 0.15) is 41.9 Å². The van der Waals surface area contributed by atoms with Gasteiger partial charge in [-0.15, -0.1) is 11.3 Å². The third-order valence-corrected chi connectivity index (χ3v) is 5.90. The highest BCUT2D eigenvalue weighted by Gasteiger charge is 2.29. The quantitative estimate of drug-likeness (QED) is 0.924. The Morgan fingerprint density at radius 3 is 2.88 bits per heavy atom. The standard InChI is InChI=1S/C17H25N5OS/c1-11-13(3)24-17(19-11)20-16(23)12(2)22-9-5-6-14(10-22)15-7-8-18-21(15)4/h7-8,12,14H,5-6,9-10H2,1-4H3,(H,19,20,23)/t12-,14+/m0/s1. The van der Waals surface area contributed by atoms with Gasteiger partial charge in [-0.05, 0) is 46.2 Å². The van der Waals surface area contributed by atoms with Crippen molar-refractivity contribution in [2.45, 2.75) is 45.6 Å². The molecule has 1 fully saturated rings. The summed E-state index contributed by atoms with van der Waals surface area (Å²) in [4.78, 5) is 20.4. The number of aromatic nitrogens is 3. The van der Waals surface area contributed by atoms with Crippen molar-refractivity contribution in [2.75, 3.05) is 18.4 Å². The number of hydrogen-bond donors (Lipinski definition) is 1. The summed E-state index contributed by atoms with van der Waals surface area (Å²) in [6.07, 6.45) is 4.09. The zero-order chi connectivity index (χ0) is 17.3. The van der Waals surface area contributed by atoms with Crippen molar-refractivity contribution < 1.29 is 4.79 Å². The molecule has 0 spiro atoms. The number of piperidine rings is 1. The molecule has 0 radical (unpaired) electrons. The Morgan fingerprint density at radius 1 is 1.46 bits per heavy atom. The van der Waals surface area contributed by atoms with Crippen molar-refractivity contribution in [3.8, 4) is 0 Å². The zero-order valence-corrected chi connectivity index (χ0v) is 15.6. The molecule has 1 amide bonds. The maximum atomic E-state index is 12.6. The summed E-state index contributed by atoms with van der Waals surface area (Å²) >= 11 is 1.53. The number of nitrogens with zero attached hydrogens (tertiary/aromatic N) is 4. The van der Waals surface area contributed by atoms with Gasteiger partial charge in [-0.3, -0.25) is 14.4 Å². The number of likely N-dealkylation sites (tertiary alicyclic amines) is 1. The van der Waals surface area contributed by atoms with Crippen LogP contribution in [0.5, 0.6) is 0 Å². The van der Waals surface area contributed by atoms with E-state index in [4.69, 9.17) is 0 Å². The minimum absolute atomic E-state index is 0.0226. The first kappa shape index (κ1) is 17.1. The van der Waals surface area contributed by atoms with E-state index in [-0.39, 0.29) is 11.9 Å². The van der Waals surface area contributed by atoms with Gasteiger partial charge in [0.2, 0.25) is 5.91 Å². The van der Waals surface area contributed by atoms with Crippen molar-refractivity contribution in [3.63, 3.8) is 0 Å². The van der Waals surface area contributed by atoms with Crippen molar-refractivity contribution in [3.05, 3.63) is 28.5 Å². The van der Waals surface area contributed by atoms with Crippen molar-refractivity contribution in [1.29, 1.82) is 0 Å². The average Bonchev–Trinajstić information content (AvgIpc) is 3.12. The lowest BCUT2D eigenvalue weighted by Gasteiger charge is -2.36. The molecule has 130 valence electrons. The second-order valence-electron chi connectivity index (χ2n) is 6.54. The molecule has 3 rings (SSSR count). The molecule has 1 saturated heterocycles. The predicted molar refractivity (Wildman–Crippen MR) is 96.4 cm³/mol. The van der Waals surface area contributed by atoms with Crippen LogP contribution in [0.25, 0.3) is 0 Å². The van der Waals surface area contributed by atoms with Crippen LogP contribution in [0.3, 0.4) is 0 Å². The summed E-state index contributed by atoms with van der Waals surface area (Å²) in [6, 6.07) is 1.92. The van der Waals surface area contributed by atoms with Crippen LogP contribution in [0.2, 0.25) is 0 Å². The van der Waals surface area contributed by atoms with Gasteiger partial charge < -0.3 is 5.32 Å². The second-order valence-corrected chi connectivity index (χ2v) is 7.74. The number of nitrogens with one attached hydrogen (secondary N) is 1. The largest absolute Gasteiger partial charge is 0.301 e. The van der Waals surface area contributed by atoms with Gasteiger partial charge >= 0.3 is 0 Å². The summed E-state index contributed by atoms with van der Waals surface area (Å²) in [5.74, 6) is 0.459. The molecule has 0 aromatic carbocycles. The van der Waals surface area contributed by atoms with Crippen LogP contribution in [-0.4, -0.2) is 44.7 Å². The van der Waals surface area contributed by atoms with E-state index in [0.29, 0.717) is 11.0 Å². The smallest absolute Gasteiger partial charge is 0.243 e. The third kappa shape index (κ3) is 3.52. The zero-order valence-electron chi connectivity index (χ0n) is 14.7. The maximum absolute atomic E-state index is 12.6. The Kier molecular flexibility index (Phi) is 5.01. The molecular weight excluding hydrogens is 322 g/mol. The molecule has 0 saturated carbocycles. The molecule has 2 aromatic rings. The normalized spacial score (nSPS) is 20.1. The highest BCUT2D eigenvalue weighted by Crippen LogP contribution is 2.28. The minimum Gasteiger partial charge on any atom is -0.301 e. The Hall–Kier alpha value is -1.73. The monoisotopic (exact) mass is 347 g/mol. The first-order valence-corrected chi connectivity index (χ1v) is 9.24. The fourth-order valence-electron chi connectivity index (χ4n) is 3.29. The molecule has 1 N–H and O–H groups in total.